The van der Waals surface area contributed by atoms with Crippen LogP contribution < -0.4 is 0 Å². The molecule has 2 heterocycles. The van der Waals surface area contributed by atoms with Crippen molar-refractivity contribution < 1.29 is 4.74 Å². The van der Waals surface area contributed by atoms with Crippen molar-refractivity contribution >= 4 is 58.8 Å². The van der Waals surface area contributed by atoms with Crippen molar-refractivity contribution in [3.63, 3.8) is 0 Å². The van der Waals surface area contributed by atoms with Crippen molar-refractivity contribution in [2.24, 2.45) is 0 Å². The lowest BCUT2D eigenvalue weighted by Crippen LogP contribution is -2.32. The molecule has 0 saturated heterocycles. The number of nitrogens with zero attached hydrogens (tertiary/aromatic N) is 2. The SMILES string of the molecule is Cl.Clc1ccc(C2(Cn3ccnc3)OCc3c(Cl)cc(Cl)cc32)c(Cl)c1. The topological polar surface area (TPSA) is 27.1 Å². The Balaban J connectivity index is 0.00000196. The molecule has 8 heteroatoms. The Morgan fingerprint density at radius 1 is 1.00 bits per heavy atom. The quantitative estimate of drug-likeness (QED) is 0.462. The van der Waals surface area contributed by atoms with E-state index in [0.29, 0.717) is 33.2 Å². The molecule has 1 unspecified atom stereocenters. The monoisotopic (exact) mass is 448 g/mol. The van der Waals surface area contributed by atoms with Crippen molar-refractivity contribution in [2.75, 3.05) is 0 Å². The summed E-state index contributed by atoms with van der Waals surface area (Å²) in [6.07, 6.45) is 5.33. The predicted molar refractivity (Wildman–Crippen MR) is 108 cm³/mol. The zero-order valence-corrected chi connectivity index (χ0v) is 17.1. The number of imidazole rings is 1. The van der Waals surface area contributed by atoms with E-state index in [2.05, 4.69) is 4.98 Å². The first-order valence-electron chi connectivity index (χ1n) is 7.53. The van der Waals surface area contributed by atoms with E-state index in [9.17, 15) is 0 Å². The predicted octanol–water partition coefficient (Wildman–Crippen LogP) is 6.39. The number of ether oxygens (including phenoxy) is 1. The fraction of sp³-hybridized carbons (Fsp3) is 0.167. The molecule has 1 aliphatic heterocycles. The highest BCUT2D eigenvalue weighted by Gasteiger charge is 2.44. The second kappa shape index (κ2) is 7.59. The van der Waals surface area contributed by atoms with E-state index in [1.165, 1.54) is 0 Å². The minimum Gasteiger partial charge on any atom is -0.359 e. The van der Waals surface area contributed by atoms with Gasteiger partial charge in [0.25, 0.3) is 0 Å². The van der Waals surface area contributed by atoms with Crippen LogP contribution in [0.25, 0.3) is 0 Å². The van der Waals surface area contributed by atoms with Gasteiger partial charge in [0.2, 0.25) is 0 Å². The standard InChI is InChI=1S/C18H12Cl4N2O.ClH/c19-11-1-2-14(17(22)6-11)18(9-24-4-3-23-10-24)15-5-12(20)7-16(21)13(15)8-25-18;/h1-7,10H,8-9H2;1H. The minimum absolute atomic E-state index is 0. The van der Waals surface area contributed by atoms with E-state index in [0.717, 1.165) is 16.7 Å². The van der Waals surface area contributed by atoms with E-state index in [4.69, 9.17) is 51.1 Å². The van der Waals surface area contributed by atoms with Gasteiger partial charge in [-0.3, -0.25) is 0 Å². The molecule has 3 aromatic rings. The first-order valence-corrected chi connectivity index (χ1v) is 9.04. The smallest absolute Gasteiger partial charge is 0.138 e. The number of hydrogen-bond donors (Lipinski definition) is 0. The van der Waals surface area contributed by atoms with Gasteiger partial charge < -0.3 is 9.30 Å². The van der Waals surface area contributed by atoms with Crippen LogP contribution in [-0.4, -0.2) is 9.55 Å². The summed E-state index contributed by atoms with van der Waals surface area (Å²) in [4.78, 5) is 4.12. The van der Waals surface area contributed by atoms with Crippen LogP contribution in [0, 0.1) is 0 Å². The number of halogens is 5. The van der Waals surface area contributed by atoms with E-state index < -0.39 is 5.60 Å². The largest absolute Gasteiger partial charge is 0.359 e. The minimum atomic E-state index is -0.827. The van der Waals surface area contributed by atoms with Crippen LogP contribution in [-0.2, 0) is 23.5 Å². The van der Waals surface area contributed by atoms with Crippen LogP contribution in [0.5, 0.6) is 0 Å². The van der Waals surface area contributed by atoms with Crippen LogP contribution in [0.1, 0.15) is 16.7 Å². The van der Waals surface area contributed by atoms with Crippen molar-refractivity contribution in [3.8, 4) is 0 Å². The summed E-state index contributed by atoms with van der Waals surface area (Å²) in [5.74, 6) is 0. The molecule has 0 aliphatic carbocycles. The second-order valence-corrected chi connectivity index (χ2v) is 7.58. The van der Waals surface area contributed by atoms with Gasteiger partial charge >= 0.3 is 0 Å². The molecule has 3 nitrogen and oxygen atoms in total. The first kappa shape index (κ1) is 19.8. The maximum atomic E-state index is 6.53. The third-order valence-corrected chi connectivity index (χ3v) is 5.49. The van der Waals surface area contributed by atoms with Gasteiger partial charge in [-0.15, -0.1) is 12.4 Å². The van der Waals surface area contributed by atoms with Crippen LogP contribution >= 0.6 is 58.8 Å². The third-order valence-electron chi connectivity index (χ3n) is 4.39. The molecule has 0 amide bonds. The number of hydrogen-bond acceptors (Lipinski definition) is 2. The molecular weight excluding hydrogens is 437 g/mol. The highest BCUT2D eigenvalue weighted by atomic mass is 35.5. The zero-order chi connectivity index (χ0) is 17.6. The van der Waals surface area contributed by atoms with Gasteiger partial charge in [-0.2, -0.15) is 0 Å². The van der Waals surface area contributed by atoms with E-state index >= 15 is 0 Å². The molecule has 0 N–H and O–H groups in total. The Kier molecular flexibility index (Phi) is 5.78. The summed E-state index contributed by atoms with van der Waals surface area (Å²) in [7, 11) is 0. The van der Waals surface area contributed by atoms with Crippen molar-refractivity contribution in [1.29, 1.82) is 0 Å². The molecule has 0 saturated carbocycles. The van der Waals surface area contributed by atoms with Crippen molar-refractivity contribution in [1.82, 2.24) is 9.55 Å². The number of fused-ring (bicyclic) bond motifs is 1. The molecule has 2 aromatic carbocycles. The maximum absolute atomic E-state index is 6.53. The Labute approximate surface area is 177 Å². The van der Waals surface area contributed by atoms with Crippen LogP contribution in [0.2, 0.25) is 20.1 Å². The van der Waals surface area contributed by atoms with Gasteiger partial charge in [0.1, 0.15) is 5.60 Å². The van der Waals surface area contributed by atoms with Crippen LogP contribution in [0.4, 0.5) is 0 Å². The summed E-state index contributed by atoms with van der Waals surface area (Å²) < 4.78 is 8.25. The third kappa shape index (κ3) is 3.33. The van der Waals surface area contributed by atoms with Crippen molar-refractivity contribution in [2.45, 2.75) is 18.8 Å². The van der Waals surface area contributed by atoms with Gasteiger partial charge in [0, 0.05) is 43.6 Å². The van der Waals surface area contributed by atoms with Gasteiger partial charge in [-0.1, -0.05) is 52.5 Å². The van der Waals surface area contributed by atoms with E-state index in [1.54, 1.807) is 30.7 Å². The molecule has 0 fully saturated rings. The summed E-state index contributed by atoms with van der Waals surface area (Å²) in [5.41, 5.74) is 1.80. The zero-order valence-electron chi connectivity index (χ0n) is 13.3. The molecule has 0 radical (unpaired) electrons. The van der Waals surface area contributed by atoms with E-state index in [1.807, 2.05) is 22.9 Å². The first-order chi connectivity index (χ1) is 12.0. The fourth-order valence-electron chi connectivity index (χ4n) is 3.28. The Morgan fingerprint density at radius 2 is 1.77 bits per heavy atom. The second-order valence-electron chi connectivity index (χ2n) is 5.89. The number of benzene rings is 2. The summed E-state index contributed by atoms with van der Waals surface area (Å²) in [5, 5.41) is 2.22. The van der Waals surface area contributed by atoms with Gasteiger partial charge in [0.15, 0.2) is 0 Å². The highest BCUT2D eigenvalue weighted by molar-refractivity contribution is 6.36. The molecule has 1 aromatic heterocycles. The lowest BCUT2D eigenvalue weighted by molar-refractivity contribution is -0.0179. The normalized spacial score (nSPS) is 18.5. The molecule has 26 heavy (non-hydrogen) atoms. The highest BCUT2D eigenvalue weighted by Crippen LogP contribution is 2.48. The number of aromatic nitrogens is 2. The van der Waals surface area contributed by atoms with Crippen molar-refractivity contribution in [3.05, 3.63) is 85.8 Å². The number of rotatable bonds is 3. The average Bonchev–Trinajstić information content (AvgIpc) is 3.17. The molecule has 1 atom stereocenters. The van der Waals surface area contributed by atoms with Gasteiger partial charge in [-0.05, 0) is 29.8 Å². The molecule has 0 bridgehead atoms. The Bertz CT molecular complexity index is 945. The van der Waals surface area contributed by atoms with Crippen LogP contribution in [0.15, 0.2) is 49.1 Å². The summed E-state index contributed by atoms with van der Waals surface area (Å²) in [6.45, 7) is 0.858. The lowest BCUT2D eigenvalue weighted by atomic mass is 9.85. The lowest BCUT2D eigenvalue weighted by Gasteiger charge is -2.31. The fourth-order valence-corrected chi connectivity index (χ4v) is 4.39. The average molecular weight is 451 g/mol. The van der Waals surface area contributed by atoms with Crippen LogP contribution in [0.3, 0.4) is 0 Å². The molecule has 1 aliphatic rings. The summed E-state index contributed by atoms with van der Waals surface area (Å²) >= 11 is 25.3. The summed E-state index contributed by atoms with van der Waals surface area (Å²) in [6, 6.07) is 9.00. The van der Waals surface area contributed by atoms with Gasteiger partial charge in [-0.25, -0.2) is 4.98 Å². The molecular formula is C18H13Cl5N2O. The Hall–Kier alpha value is -0.940. The molecule has 136 valence electrons. The maximum Gasteiger partial charge on any atom is 0.138 e. The Morgan fingerprint density at radius 3 is 2.46 bits per heavy atom. The molecule has 0 spiro atoms. The molecule has 4 rings (SSSR count). The van der Waals surface area contributed by atoms with Gasteiger partial charge in [0.05, 0.1) is 19.5 Å². The van der Waals surface area contributed by atoms with E-state index in [-0.39, 0.29) is 12.4 Å².